The molecule has 1 amide bonds. The molecule has 3 aromatic carbocycles. The Hall–Kier alpha value is -2.52. The van der Waals surface area contributed by atoms with Crippen LogP contribution in [0.15, 0.2) is 66.7 Å². The number of hydrogen-bond acceptors (Lipinski definition) is 2. The number of ether oxygens (including phenoxy) is 1. The lowest BCUT2D eigenvalue weighted by molar-refractivity contribution is -0.124. The largest absolute Gasteiger partial charge is 0.490 e. The second-order valence-corrected chi connectivity index (χ2v) is 6.72. The highest BCUT2D eigenvalue weighted by Gasteiger charge is 2.14. The predicted molar refractivity (Wildman–Crippen MR) is 107 cm³/mol. The highest BCUT2D eigenvalue weighted by molar-refractivity contribution is 6.32. The van der Waals surface area contributed by atoms with E-state index in [2.05, 4.69) is 29.6 Å². The number of amides is 1. The van der Waals surface area contributed by atoms with Crippen molar-refractivity contribution in [3.63, 3.8) is 0 Å². The molecule has 3 aromatic rings. The Morgan fingerprint density at radius 1 is 1.04 bits per heavy atom. The monoisotopic (exact) mass is 367 g/mol. The van der Waals surface area contributed by atoms with Crippen LogP contribution in [0.5, 0.6) is 5.75 Å². The van der Waals surface area contributed by atoms with Crippen LogP contribution in [0.4, 0.5) is 0 Å². The molecule has 0 aliphatic heterocycles. The summed E-state index contributed by atoms with van der Waals surface area (Å²) in [6.45, 7) is 2.78. The first-order valence-corrected chi connectivity index (χ1v) is 9.14. The molecule has 1 N–H and O–H groups in total. The predicted octanol–water partition coefficient (Wildman–Crippen LogP) is 4.87. The Kier molecular flexibility index (Phi) is 6.13. The van der Waals surface area contributed by atoms with Crippen molar-refractivity contribution in [2.45, 2.75) is 13.3 Å². The van der Waals surface area contributed by atoms with E-state index in [1.807, 2.05) is 43.3 Å². The van der Waals surface area contributed by atoms with Crippen molar-refractivity contribution in [1.82, 2.24) is 5.32 Å². The van der Waals surface area contributed by atoms with Gasteiger partial charge in [0.15, 0.2) is 0 Å². The number of carbonyl (C=O) groups excluding carboxylic acids is 1. The highest BCUT2D eigenvalue weighted by Crippen LogP contribution is 2.23. The SMILES string of the molecule is C[C@H](Cc1cccc2ccccc12)C(=O)NCCOc1ccccc1Cl. The Labute approximate surface area is 158 Å². The van der Waals surface area contributed by atoms with Crippen LogP contribution >= 0.6 is 11.6 Å². The second-order valence-electron chi connectivity index (χ2n) is 6.31. The fourth-order valence-corrected chi connectivity index (χ4v) is 3.15. The maximum absolute atomic E-state index is 12.4. The van der Waals surface area contributed by atoms with E-state index in [0.717, 1.165) is 0 Å². The smallest absolute Gasteiger partial charge is 0.223 e. The molecule has 0 radical (unpaired) electrons. The average molecular weight is 368 g/mol. The number of nitrogens with one attached hydrogen (secondary N) is 1. The zero-order chi connectivity index (χ0) is 18.4. The van der Waals surface area contributed by atoms with E-state index in [1.165, 1.54) is 16.3 Å². The first-order chi connectivity index (χ1) is 12.6. The van der Waals surface area contributed by atoms with Crippen LogP contribution in [-0.4, -0.2) is 19.1 Å². The first kappa shape index (κ1) is 18.3. The van der Waals surface area contributed by atoms with Crippen LogP contribution in [-0.2, 0) is 11.2 Å². The Morgan fingerprint density at radius 2 is 1.77 bits per heavy atom. The third-order valence-corrected chi connectivity index (χ3v) is 4.66. The third kappa shape index (κ3) is 4.55. The average Bonchev–Trinajstić information content (AvgIpc) is 2.66. The summed E-state index contributed by atoms with van der Waals surface area (Å²) in [7, 11) is 0. The van der Waals surface area contributed by atoms with Gasteiger partial charge in [0.1, 0.15) is 12.4 Å². The molecule has 0 aromatic heterocycles. The summed E-state index contributed by atoms with van der Waals surface area (Å²) in [5, 5.41) is 5.91. The minimum absolute atomic E-state index is 0.0284. The zero-order valence-corrected chi connectivity index (χ0v) is 15.5. The van der Waals surface area contributed by atoms with Crippen LogP contribution < -0.4 is 10.1 Å². The third-order valence-electron chi connectivity index (χ3n) is 4.35. The molecule has 0 saturated heterocycles. The number of carbonyl (C=O) groups is 1. The van der Waals surface area contributed by atoms with Gasteiger partial charge in [0, 0.05) is 5.92 Å². The van der Waals surface area contributed by atoms with Gasteiger partial charge in [-0.3, -0.25) is 4.79 Å². The highest BCUT2D eigenvalue weighted by atomic mass is 35.5. The van der Waals surface area contributed by atoms with Gasteiger partial charge in [-0.05, 0) is 34.9 Å². The summed E-state index contributed by atoms with van der Waals surface area (Å²) >= 11 is 6.04. The second kappa shape index (κ2) is 8.72. The van der Waals surface area contributed by atoms with Crippen molar-refractivity contribution in [2.75, 3.05) is 13.2 Å². The van der Waals surface area contributed by atoms with Crippen molar-refractivity contribution in [3.05, 3.63) is 77.3 Å². The van der Waals surface area contributed by atoms with Crippen molar-refractivity contribution in [1.29, 1.82) is 0 Å². The van der Waals surface area contributed by atoms with Crippen LogP contribution in [0.2, 0.25) is 5.02 Å². The minimum atomic E-state index is -0.110. The molecule has 1 atom stereocenters. The number of benzene rings is 3. The van der Waals surface area contributed by atoms with E-state index in [0.29, 0.717) is 30.3 Å². The van der Waals surface area contributed by atoms with Gasteiger partial charge in [-0.25, -0.2) is 0 Å². The van der Waals surface area contributed by atoms with Gasteiger partial charge in [0.05, 0.1) is 11.6 Å². The lowest BCUT2D eigenvalue weighted by Crippen LogP contribution is -2.33. The molecule has 4 heteroatoms. The van der Waals surface area contributed by atoms with Gasteiger partial charge in [-0.15, -0.1) is 0 Å². The van der Waals surface area contributed by atoms with Crippen LogP contribution in [0.1, 0.15) is 12.5 Å². The van der Waals surface area contributed by atoms with Gasteiger partial charge in [0.25, 0.3) is 0 Å². The van der Waals surface area contributed by atoms with E-state index in [1.54, 1.807) is 6.07 Å². The van der Waals surface area contributed by atoms with Crippen LogP contribution in [0.25, 0.3) is 10.8 Å². The quantitative estimate of drug-likeness (QED) is 0.605. The summed E-state index contributed by atoms with van der Waals surface area (Å²) in [5.74, 6) is 0.550. The Morgan fingerprint density at radius 3 is 2.62 bits per heavy atom. The summed E-state index contributed by atoms with van der Waals surface area (Å²) in [4.78, 5) is 12.4. The number of rotatable bonds is 7. The molecule has 0 aliphatic rings. The van der Waals surface area contributed by atoms with E-state index >= 15 is 0 Å². The van der Waals surface area contributed by atoms with Gasteiger partial charge in [0.2, 0.25) is 5.91 Å². The topological polar surface area (TPSA) is 38.3 Å². The molecular formula is C22H22ClNO2. The number of fused-ring (bicyclic) bond motifs is 1. The van der Waals surface area contributed by atoms with E-state index in [9.17, 15) is 4.79 Å². The van der Waals surface area contributed by atoms with E-state index in [-0.39, 0.29) is 11.8 Å². The van der Waals surface area contributed by atoms with E-state index in [4.69, 9.17) is 16.3 Å². The molecule has 0 bridgehead atoms. The first-order valence-electron chi connectivity index (χ1n) is 8.77. The Bertz CT molecular complexity index is 889. The summed E-state index contributed by atoms with van der Waals surface area (Å²) in [6.07, 6.45) is 0.707. The van der Waals surface area contributed by atoms with Crippen molar-refractivity contribution < 1.29 is 9.53 Å². The molecule has 0 heterocycles. The van der Waals surface area contributed by atoms with Crippen molar-refractivity contribution in [2.24, 2.45) is 5.92 Å². The molecule has 0 unspecified atom stereocenters. The van der Waals surface area contributed by atoms with Gasteiger partial charge >= 0.3 is 0 Å². The standard InChI is InChI=1S/C22H22ClNO2/c1-16(15-18-9-6-8-17-7-2-3-10-19(17)18)22(25)24-13-14-26-21-12-5-4-11-20(21)23/h2-12,16H,13-15H2,1H3,(H,24,25)/t16-/m1/s1. The molecule has 134 valence electrons. The van der Waals surface area contributed by atoms with Crippen molar-refractivity contribution >= 4 is 28.3 Å². The number of para-hydroxylation sites is 1. The molecule has 0 saturated carbocycles. The summed E-state index contributed by atoms with van der Waals surface area (Å²) in [6, 6.07) is 21.8. The molecular weight excluding hydrogens is 346 g/mol. The fourth-order valence-electron chi connectivity index (χ4n) is 2.96. The maximum atomic E-state index is 12.4. The maximum Gasteiger partial charge on any atom is 0.223 e. The molecule has 3 rings (SSSR count). The number of hydrogen-bond donors (Lipinski definition) is 1. The Balaban J connectivity index is 1.51. The van der Waals surface area contributed by atoms with Gasteiger partial charge in [-0.2, -0.15) is 0 Å². The molecule has 0 spiro atoms. The molecule has 3 nitrogen and oxygen atoms in total. The molecule has 0 fully saturated rings. The number of halogens is 1. The summed E-state index contributed by atoms with van der Waals surface area (Å²) < 4.78 is 5.60. The van der Waals surface area contributed by atoms with Gasteiger partial charge < -0.3 is 10.1 Å². The normalized spacial score (nSPS) is 11.9. The minimum Gasteiger partial charge on any atom is -0.490 e. The van der Waals surface area contributed by atoms with E-state index < -0.39 is 0 Å². The molecule has 26 heavy (non-hydrogen) atoms. The zero-order valence-electron chi connectivity index (χ0n) is 14.7. The van der Waals surface area contributed by atoms with Crippen molar-refractivity contribution in [3.8, 4) is 5.75 Å². The van der Waals surface area contributed by atoms with Gasteiger partial charge in [-0.1, -0.05) is 73.1 Å². The molecule has 0 aliphatic carbocycles. The lowest BCUT2D eigenvalue weighted by Gasteiger charge is -2.14. The van der Waals surface area contributed by atoms with Crippen LogP contribution in [0, 0.1) is 5.92 Å². The summed E-state index contributed by atoms with van der Waals surface area (Å²) in [5.41, 5.74) is 1.19. The fraction of sp³-hybridized carbons (Fsp3) is 0.227. The lowest BCUT2D eigenvalue weighted by atomic mass is 9.95. The van der Waals surface area contributed by atoms with Crippen LogP contribution in [0.3, 0.4) is 0 Å².